The molecule has 0 saturated carbocycles. The summed E-state index contributed by atoms with van der Waals surface area (Å²) in [6.45, 7) is 2.59. The minimum Gasteiger partial charge on any atom is -0.493 e. The molecule has 0 heterocycles. The molecule has 2 rings (SSSR count). The maximum Gasteiger partial charge on any atom is 0.335 e. The standard InChI is InChI=1S/C21H25NO5/c1-14(9-16-7-8-18(26-2)19(11-16)27-3)13-22-20(23)12-15-5-4-6-17(10-15)21(24)25/h4-8,10-11,14H,9,12-13H2,1-3H3,(H,22,23)(H,24,25). The average Bonchev–Trinajstić information content (AvgIpc) is 2.66. The van der Waals surface area contributed by atoms with E-state index in [1.807, 2.05) is 18.2 Å². The number of methoxy groups -OCH3 is 2. The molecule has 6 nitrogen and oxygen atoms in total. The molecule has 0 aliphatic heterocycles. The average molecular weight is 371 g/mol. The van der Waals surface area contributed by atoms with E-state index in [4.69, 9.17) is 14.6 Å². The van der Waals surface area contributed by atoms with Crippen molar-refractivity contribution in [3.05, 3.63) is 59.2 Å². The molecule has 27 heavy (non-hydrogen) atoms. The van der Waals surface area contributed by atoms with Crippen molar-refractivity contribution >= 4 is 11.9 Å². The second-order valence-electron chi connectivity index (χ2n) is 6.49. The zero-order valence-corrected chi connectivity index (χ0v) is 15.8. The summed E-state index contributed by atoms with van der Waals surface area (Å²) in [5.41, 5.74) is 1.96. The summed E-state index contributed by atoms with van der Waals surface area (Å²) < 4.78 is 10.5. The van der Waals surface area contributed by atoms with Gasteiger partial charge in [0.2, 0.25) is 5.91 Å². The fourth-order valence-corrected chi connectivity index (χ4v) is 2.83. The van der Waals surface area contributed by atoms with Gasteiger partial charge in [-0.2, -0.15) is 0 Å². The highest BCUT2D eigenvalue weighted by atomic mass is 16.5. The van der Waals surface area contributed by atoms with Crippen LogP contribution in [0.4, 0.5) is 0 Å². The minimum absolute atomic E-state index is 0.128. The van der Waals surface area contributed by atoms with Gasteiger partial charge in [-0.3, -0.25) is 4.79 Å². The van der Waals surface area contributed by atoms with Crippen LogP contribution < -0.4 is 14.8 Å². The van der Waals surface area contributed by atoms with Gasteiger partial charge >= 0.3 is 5.97 Å². The summed E-state index contributed by atoms with van der Waals surface area (Å²) >= 11 is 0. The Bertz CT molecular complexity index is 803. The fourth-order valence-electron chi connectivity index (χ4n) is 2.83. The lowest BCUT2D eigenvalue weighted by molar-refractivity contribution is -0.120. The SMILES string of the molecule is COc1ccc(CC(C)CNC(=O)Cc2cccc(C(=O)O)c2)cc1OC. The van der Waals surface area contributed by atoms with Gasteiger partial charge in [0.1, 0.15) is 0 Å². The van der Waals surface area contributed by atoms with Crippen molar-refractivity contribution in [1.29, 1.82) is 0 Å². The zero-order chi connectivity index (χ0) is 19.8. The van der Waals surface area contributed by atoms with Crippen LogP contribution in [-0.4, -0.2) is 37.7 Å². The molecule has 144 valence electrons. The first-order valence-corrected chi connectivity index (χ1v) is 8.72. The van der Waals surface area contributed by atoms with Crippen molar-refractivity contribution in [2.45, 2.75) is 19.8 Å². The van der Waals surface area contributed by atoms with Gasteiger partial charge in [0, 0.05) is 6.54 Å². The van der Waals surface area contributed by atoms with E-state index in [1.165, 1.54) is 12.1 Å². The van der Waals surface area contributed by atoms with Crippen LogP contribution in [0.5, 0.6) is 11.5 Å². The van der Waals surface area contributed by atoms with Crippen LogP contribution in [0.2, 0.25) is 0 Å². The second kappa shape index (κ2) is 9.62. The summed E-state index contributed by atoms with van der Waals surface area (Å²) in [5, 5.41) is 11.9. The molecule has 2 aromatic carbocycles. The van der Waals surface area contributed by atoms with Gasteiger partial charge in [-0.1, -0.05) is 25.1 Å². The van der Waals surface area contributed by atoms with Gasteiger partial charge in [0.15, 0.2) is 11.5 Å². The number of amides is 1. The number of rotatable bonds is 9. The van der Waals surface area contributed by atoms with E-state index in [2.05, 4.69) is 12.2 Å². The van der Waals surface area contributed by atoms with E-state index in [0.717, 1.165) is 12.0 Å². The molecule has 1 unspecified atom stereocenters. The van der Waals surface area contributed by atoms with E-state index in [9.17, 15) is 9.59 Å². The Morgan fingerprint density at radius 3 is 2.44 bits per heavy atom. The Balaban J connectivity index is 1.86. The number of benzene rings is 2. The minimum atomic E-state index is -0.999. The molecule has 2 aromatic rings. The molecule has 0 aliphatic carbocycles. The Kier molecular flexibility index (Phi) is 7.23. The molecule has 6 heteroatoms. The quantitative estimate of drug-likeness (QED) is 0.708. The normalized spacial score (nSPS) is 11.5. The van der Waals surface area contributed by atoms with Crippen LogP contribution in [0.15, 0.2) is 42.5 Å². The number of hydrogen-bond acceptors (Lipinski definition) is 4. The van der Waals surface area contributed by atoms with Gasteiger partial charge in [0.25, 0.3) is 0 Å². The Morgan fingerprint density at radius 2 is 1.78 bits per heavy atom. The molecular weight excluding hydrogens is 346 g/mol. The van der Waals surface area contributed by atoms with Crippen LogP contribution in [-0.2, 0) is 17.6 Å². The van der Waals surface area contributed by atoms with Crippen molar-refractivity contribution in [3.63, 3.8) is 0 Å². The summed E-state index contributed by atoms with van der Waals surface area (Å²) in [5.74, 6) is 0.477. The third-order valence-electron chi connectivity index (χ3n) is 4.22. The van der Waals surface area contributed by atoms with Crippen molar-refractivity contribution in [2.75, 3.05) is 20.8 Å². The molecule has 0 radical (unpaired) electrons. The Hall–Kier alpha value is -3.02. The zero-order valence-electron chi connectivity index (χ0n) is 15.8. The van der Waals surface area contributed by atoms with Crippen molar-refractivity contribution in [3.8, 4) is 11.5 Å². The van der Waals surface area contributed by atoms with Crippen LogP contribution in [0.3, 0.4) is 0 Å². The van der Waals surface area contributed by atoms with Gasteiger partial charge in [0.05, 0.1) is 26.2 Å². The smallest absolute Gasteiger partial charge is 0.335 e. The molecule has 0 aliphatic rings. The van der Waals surface area contributed by atoms with E-state index >= 15 is 0 Å². The number of carboxylic acids is 1. The molecule has 0 aromatic heterocycles. The number of nitrogens with one attached hydrogen (secondary N) is 1. The van der Waals surface area contributed by atoms with E-state index in [0.29, 0.717) is 23.6 Å². The van der Waals surface area contributed by atoms with Crippen LogP contribution in [0, 0.1) is 5.92 Å². The monoisotopic (exact) mass is 371 g/mol. The van der Waals surface area contributed by atoms with Crippen molar-refractivity contribution in [1.82, 2.24) is 5.32 Å². The summed E-state index contributed by atoms with van der Waals surface area (Å²) in [4.78, 5) is 23.1. The van der Waals surface area contributed by atoms with Gasteiger partial charge in [-0.05, 0) is 47.7 Å². The third kappa shape index (κ3) is 6.02. The first kappa shape index (κ1) is 20.3. The Labute approximate surface area is 159 Å². The molecule has 1 atom stereocenters. The Morgan fingerprint density at radius 1 is 1.04 bits per heavy atom. The number of ether oxygens (including phenoxy) is 2. The van der Waals surface area contributed by atoms with E-state index in [1.54, 1.807) is 26.4 Å². The number of carbonyl (C=O) groups excluding carboxylic acids is 1. The topological polar surface area (TPSA) is 84.9 Å². The van der Waals surface area contributed by atoms with Crippen LogP contribution in [0.25, 0.3) is 0 Å². The lowest BCUT2D eigenvalue weighted by atomic mass is 10.0. The lowest BCUT2D eigenvalue weighted by Gasteiger charge is -2.15. The molecule has 2 N–H and O–H groups in total. The molecule has 1 amide bonds. The first-order chi connectivity index (χ1) is 12.9. The molecule has 0 spiro atoms. The molecule has 0 fully saturated rings. The van der Waals surface area contributed by atoms with Gasteiger partial charge < -0.3 is 19.9 Å². The molecule has 0 saturated heterocycles. The third-order valence-corrected chi connectivity index (χ3v) is 4.22. The highest BCUT2D eigenvalue weighted by Crippen LogP contribution is 2.28. The maximum absolute atomic E-state index is 12.1. The highest BCUT2D eigenvalue weighted by Gasteiger charge is 2.11. The number of carboxylic acid groups (broad SMARTS) is 1. The summed E-state index contributed by atoms with van der Waals surface area (Å²) in [7, 11) is 3.20. The second-order valence-corrected chi connectivity index (χ2v) is 6.49. The lowest BCUT2D eigenvalue weighted by Crippen LogP contribution is -2.30. The van der Waals surface area contributed by atoms with Crippen LogP contribution >= 0.6 is 0 Å². The largest absolute Gasteiger partial charge is 0.493 e. The number of hydrogen-bond donors (Lipinski definition) is 2. The first-order valence-electron chi connectivity index (χ1n) is 8.72. The predicted octanol–water partition coefficient (Wildman–Crippen LogP) is 2.94. The van der Waals surface area contributed by atoms with Gasteiger partial charge in [-0.25, -0.2) is 4.79 Å². The maximum atomic E-state index is 12.1. The van der Waals surface area contributed by atoms with Gasteiger partial charge in [-0.15, -0.1) is 0 Å². The molecular formula is C21H25NO5. The highest BCUT2D eigenvalue weighted by molar-refractivity contribution is 5.88. The number of aromatic carboxylic acids is 1. The predicted molar refractivity (Wildman–Crippen MR) is 103 cm³/mol. The molecule has 0 bridgehead atoms. The van der Waals surface area contributed by atoms with E-state index in [-0.39, 0.29) is 23.8 Å². The van der Waals surface area contributed by atoms with Crippen molar-refractivity contribution in [2.24, 2.45) is 5.92 Å². The van der Waals surface area contributed by atoms with Crippen molar-refractivity contribution < 1.29 is 24.2 Å². The fraction of sp³-hybridized carbons (Fsp3) is 0.333. The summed E-state index contributed by atoms with van der Waals surface area (Å²) in [6, 6.07) is 12.2. The van der Waals surface area contributed by atoms with Crippen LogP contribution in [0.1, 0.15) is 28.4 Å². The summed E-state index contributed by atoms with van der Waals surface area (Å²) in [6.07, 6.45) is 0.944. The number of carbonyl (C=O) groups is 2. The van der Waals surface area contributed by atoms with E-state index < -0.39 is 5.97 Å².